The number of Topliss-reactive ketones (excluding diaryl/α,β-unsaturated/α-hetero) is 1. The van der Waals surface area contributed by atoms with E-state index in [4.69, 9.17) is 23.4 Å². The van der Waals surface area contributed by atoms with Crippen LogP contribution in [0.3, 0.4) is 0 Å². The van der Waals surface area contributed by atoms with Gasteiger partial charge in [0.2, 0.25) is 0 Å². The Labute approximate surface area is 318 Å². The number of hydrogen-bond donors (Lipinski definition) is 4. The molecule has 12 heteroatoms. The Morgan fingerprint density at radius 1 is 1.02 bits per heavy atom. The van der Waals surface area contributed by atoms with Crippen molar-refractivity contribution in [2.45, 2.75) is 140 Å². The van der Waals surface area contributed by atoms with Gasteiger partial charge >= 0.3 is 11.9 Å². The second-order valence-corrected chi connectivity index (χ2v) is 19.5. The third kappa shape index (κ3) is 4.91. The first-order chi connectivity index (χ1) is 25.7. The van der Waals surface area contributed by atoms with Gasteiger partial charge in [-0.2, -0.15) is 0 Å². The lowest BCUT2D eigenvalue weighted by molar-refractivity contribution is -0.252. The van der Waals surface area contributed by atoms with Crippen molar-refractivity contribution in [2.24, 2.45) is 51.8 Å². The minimum Gasteiger partial charge on any atom is -0.469 e. The highest BCUT2D eigenvalue weighted by Gasteiger charge is 2.91. The molecule has 4 N–H and O–H groups in total. The van der Waals surface area contributed by atoms with Crippen molar-refractivity contribution in [3.63, 3.8) is 0 Å². The molecule has 2 spiro atoms. The van der Waals surface area contributed by atoms with Gasteiger partial charge in [-0.3, -0.25) is 9.59 Å². The number of aliphatic hydroxyl groups is 2. The minimum absolute atomic E-state index is 0.00288. The summed E-state index contributed by atoms with van der Waals surface area (Å²) in [6.45, 7) is 12.2. The predicted octanol–water partition coefficient (Wildman–Crippen LogP) is 4.00. The van der Waals surface area contributed by atoms with Crippen LogP contribution in [0.25, 0.3) is 0 Å². The standard InChI is InChI=1S/C42H60N2O10/c1-22(2)10-14-39(4)33-32(47)34(48)40(5)29(41(33)20-51-31(46)17-30(41)53-39)11-13-38(3)35(52-37(49)36-42(38,40)54-36)26-12-15-50-28(26)16-25(19-45)23-6-8-24(9-7-23)27-18-43-21-44-27/h12,15,22-25,27,29-30,33-36,43-45,48H,6-11,13-14,16-21H2,1-5H3/t23?,24?,25-,27+,29+,30+,33-,34-,35+,36-,38+,39+,40+,41+,42-/m1/s1. The molecule has 8 aliphatic rings. The third-order valence-electron chi connectivity index (χ3n) is 16.6. The zero-order valence-corrected chi connectivity index (χ0v) is 32.6. The number of nitrogens with one attached hydrogen (secondary N) is 2. The molecule has 5 saturated heterocycles. The maximum Gasteiger partial charge on any atom is 0.339 e. The van der Waals surface area contributed by atoms with Crippen LogP contribution in [0.5, 0.6) is 0 Å². The summed E-state index contributed by atoms with van der Waals surface area (Å²) >= 11 is 0. The van der Waals surface area contributed by atoms with E-state index in [-0.39, 0.29) is 43.2 Å². The normalized spacial score (nSPS) is 48.6. The Bertz CT molecular complexity index is 1670. The van der Waals surface area contributed by atoms with Gasteiger partial charge in [0.25, 0.3) is 0 Å². The van der Waals surface area contributed by atoms with Crippen LogP contribution in [-0.4, -0.2) is 89.9 Å². The van der Waals surface area contributed by atoms with Gasteiger partial charge < -0.3 is 44.2 Å². The highest BCUT2D eigenvalue weighted by Crippen LogP contribution is 2.80. The number of ketones is 1. The predicted molar refractivity (Wildman–Crippen MR) is 193 cm³/mol. The Morgan fingerprint density at radius 2 is 1.80 bits per heavy atom. The topological polar surface area (TPSA) is 169 Å². The fraction of sp³-hybridized carbons (Fsp3) is 0.833. The first-order valence-electron chi connectivity index (χ1n) is 20.8. The first kappa shape index (κ1) is 37.2. The van der Waals surface area contributed by atoms with Crippen LogP contribution in [0, 0.1) is 51.8 Å². The highest BCUT2D eigenvalue weighted by molar-refractivity contribution is 5.92. The van der Waals surface area contributed by atoms with E-state index in [1.165, 1.54) is 0 Å². The van der Waals surface area contributed by atoms with Crippen LogP contribution < -0.4 is 10.6 Å². The molecular formula is C42H60N2O10. The third-order valence-corrected chi connectivity index (χ3v) is 16.6. The molecule has 54 heavy (non-hydrogen) atoms. The van der Waals surface area contributed by atoms with Crippen molar-refractivity contribution in [3.8, 4) is 0 Å². The molecule has 13 atom stereocenters. The van der Waals surface area contributed by atoms with Crippen molar-refractivity contribution in [3.05, 3.63) is 23.7 Å². The van der Waals surface area contributed by atoms with Gasteiger partial charge in [-0.15, -0.1) is 0 Å². The van der Waals surface area contributed by atoms with Gasteiger partial charge in [-0.05, 0) is 93.9 Å². The van der Waals surface area contributed by atoms with E-state index in [0.717, 1.165) is 50.9 Å². The Kier molecular flexibility index (Phi) is 8.85. The van der Waals surface area contributed by atoms with E-state index in [1.54, 1.807) is 6.26 Å². The number of aliphatic hydroxyl groups excluding tert-OH is 2. The molecule has 9 rings (SSSR count). The van der Waals surface area contributed by atoms with Crippen LogP contribution in [0.15, 0.2) is 16.7 Å². The van der Waals surface area contributed by atoms with E-state index >= 15 is 0 Å². The van der Waals surface area contributed by atoms with E-state index in [0.29, 0.717) is 55.2 Å². The maximum absolute atomic E-state index is 15.0. The summed E-state index contributed by atoms with van der Waals surface area (Å²) in [6, 6.07) is 2.39. The quantitative estimate of drug-likeness (QED) is 0.212. The molecule has 298 valence electrons. The molecular weight excluding hydrogens is 692 g/mol. The van der Waals surface area contributed by atoms with Gasteiger partial charge in [-0.1, -0.05) is 27.7 Å². The van der Waals surface area contributed by atoms with Crippen LogP contribution in [-0.2, 0) is 39.8 Å². The van der Waals surface area contributed by atoms with Gasteiger partial charge in [0, 0.05) is 54.1 Å². The van der Waals surface area contributed by atoms with Gasteiger partial charge in [-0.25, -0.2) is 4.79 Å². The van der Waals surface area contributed by atoms with Crippen molar-refractivity contribution < 1.29 is 48.0 Å². The number of esters is 2. The molecule has 6 heterocycles. The van der Waals surface area contributed by atoms with E-state index in [2.05, 4.69) is 31.4 Å². The molecule has 3 saturated carbocycles. The SMILES string of the molecule is CC(C)CC[C@]1(C)O[C@H]2CC(=O)OC[C@]23[C@H]2CC[C@@]4(C)[C@H](c5ccoc5C[C@H](CO)C5CCC([C@@H]6CNCN6)CC5)OC(=O)[C@H]5O[C@]54[C@]2(C)[C@H](O)C(=O)[C@@H]31. The monoisotopic (exact) mass is 752 g/mol. The summed E-state index contributed by atoms with van der Waals surface area (Å²) in [5, 5.41) is 30.2. The van der Waals surface area contributed by atoms with Gasteiger partial charge in [0.15, 0.2) is 11.9 Å². The Balaban J connectivity index is 1.04. The van der Waals surface area contributed by atoms with E-state index in [9.17, 15) is 24.6 Å². The Hall–Kier alpha value is -2.35. The molecule has 0 amide bonds. The lowest BCUT2D eigenvalue weighted by atomic mass is 9.36. The molecule has 8 fully saturated rings. The number of fused-ring (bicyclic) bond motifs is 1. The molecule has 12 nitrogen and oxygen atoms in total. The summed E-state index contributed by atoms with van der Waals surface area (Å²) in [7, 11) is 0. The molecule has 0 radical (unpaired) electrons. The number of furan rings is 1. The van der Waals surface area contributed by atoms with Crippen LogP contribution in [0.1, 0.15) is 110 Å². The van der Waals surface area contributed by atoms with Crippen LogP contribution in [0.4, 0.5) is 0 Å². The fourth-order valence-corrected chi connectivity index (χ4v) is 13.9. The molecule has 0 aromatic carbocycles. The van der Waals surface area contributed by atoms with Crippen molar-refractivity contribution in [1.82, 2.24) is 10.6 Å². The summed E-state index contributed by atoms with van der Waals surface area (Å²) in [4.78, 5) is 41.8. The summed E-state index contributed by atoms with van der Waals surface area (Å²) in [6.07, 6.45) is 5.50. The smallest absolute Gasteiger partial charge is 0.339 e. The van der Waals surface area contributed by atoms with Crippen molar-refractivity contribution >= 4 is 17.7 Å². The minimum atomic E-state index is -1.43. The van der Waals surface area contributed by atoms with Crippen molar-refractivity contribution in [2.75, 3.05) is 26.4 Å². The zero-order chi connectivity index (χ0) is 38.0. The van der Waals surface area contributed by atoms with E-state index < -0.39 is 63.8 Å². The van der Waals surface area contributed by atoms with E-state index in [1.807, 2.05) is 19.9 Å². The van der Waals surface area contributed by atoms with Crippen LogP contribution >= 0.6 is 0 Å². The van der Waals surface area contributed by atoms with Gasteiger partial charge in [0.1, 0.15) is 30.2 Å². The van der Waals surface area contributed by atoms with Crippen molar-refractivity contribution in [1.29, 1.82) is 0 Å². The summed E-state index contributed by atoms with van der Waals surface area (Å²) in [5.41, 5.74) is -4.23. The molecule has 1 aromatic rings. The second kappa shape index (κ2) is 12.8. The largest absolute Gasteiger partial charge is 0.469 e. The first-order valence-corrected chi connectivity index (χ1v) is 20.8. The zero-order valence-electron chi connectivity index (χ0n) is 32.6. The number of carbonyl (C=O) groups excluding carboxylic acids is 3. The number of hydrogen-bond acceptors (Lipinski definition) is 12. The summed E-state index contributed by atoms with van der Waals surface area (Å²) in [5.74, 6) is -0.108. The average Bonchev–Trinajstić information content (AvgIpc) is 3.41. The molecule has 1 aromatic heterocycles. The maximum atomic E-state index is 15.0. The average molecular weight is 753 g/mol. The highest BCUT2D eigenvalue weighted by atomic mass is 16.7. The molecule has 0 unspecified atom stereocenters. The summed E-state index contributed by atoms with van der Waals surface area (Å²) < 4.78 is 31.9. The number of ether oxygens (including phenoxy) is 4. The number of carbonyl (C=O) groups is 3. The number of cyclic esters (lactones) is 2. The molecule has 3 aliphatic carbocycles. The Morgan fingerprint density at radius 3 is 2.50 bits per heavy atom. The lowest BCUT2D eigenvalue weighted by Crippen LogP contribution is -2.76. The fourth-order valence-electron chi connectivity index (χ4n) is 13.9. The lowest BCUT2D eigenvalue weighted by Gasteiger charge is -2.66. The number of epoxide rings is 1. The number of rotatable bonds is 9. The van der Waals surface area contributed by atoms with Crippen LogP contribution in [0.2, 0.25) is 0 Å². The van der Waals surface area contributed by atoms with Gasteiger partial charge in [0.05, 0.1) is 30.3 Å². The molecule has 5 aliphatic heterocycles. The second-order valence-electron chi connectivity index (χ2n) is 19.5. The molecule has 0 bridgehead atoms.